The molecule has 0 aliphatic carbocycles. The SMILES string of the molecule is CCCCCCCCCCCCCCC(CO[C@@H]1OC(CO)[C@@H](O[C@H]2OC(CO)[C@@H](O)C(O)C2O)C(O)C1O)(CO[C@@H]1OC(CO)[C@@H](O[C@@H]2OC(CO)[C@@H](O)C(O)C2O)C(O)C1O)Cc1ccccc1CC(CCCCCCCCCCCCCC)(CO[C@@H]1OC(CO)[C@@H](O[C@H](O)/C(O)=C(/O)[C@H](O)CCO)C(O)C1O)CO[C@H](O)/C(O)=C(\O)[C@@H](CCO)O[C@H](O)/C(O)=C(/O)[C@H](O)CCO. The Morgan fingerprint density at radius 2 is 0.612 bits per heavy atom. The molecule has 0 bridgehead atoms. The summed E-state index contributed by atoms with van der Waals surface area (Å²) >= 11 is 0. The van der Waals surface area contributed by atoms with Gasteiger partial charge in [-0.25, -0.2) is 0 Å². The highest BCUT2D eigenvalue weighted by Crippen LogP contribution is 2.42. The van der Waals surface area contributed by atoms with Crippen molar-refractivity contribution in [1.29, 1.82) is 0 Å². The van der Waals surface area contributed by atoms with E-state index in [9.17, 15) is 158 Å². The van der Waals surface area contributed by atoms with Crippen molar-refractivity contribution in [2.45, 2.75) is 404 Å². The minimum absolute atomic E-state index is 0.0273. The Morgan fingerprint density at radius 1 is 0.313 bits per heavy atom. The van der Waals surface area contributed by atoms with Gasteiger partial charge < -0.3 is 220 Å². The van der Waals surface area contributed by atoms with Crippen LogP contribution in [-0.4, -0.2) is 428 Å². The highest BCUT2D eigenvalue weighted by Gasteiger charge is 2.55. The summed E-state index contributed by atoms with van der Waals surface area (Å²) in [6.07, 6.45) is -43.0. The molecule has 0 spiro atoms. The van der Waals surface area contributed by atoms with E-state index in [0.29, 0.717) is 43.2 Å². The fraction of sp³-hybridized carbons (Fsp3) is 0.867. The predicted molar refractivity (Wildman–Crippen MR) is 466 cm³/mol. The van der Waals surface area contributed by atoms with E-state index in [1.54, 1.807) is 24.3 Å². The third-order valence-corrected chi connectivity index (χ3v) is 25.5. The van der Waals surface area contributed by atoms with E-state index in [0.717, 1.165) is 116 Å². The van der Waals surface area contributed by atoms with Crippen molar-refractivity contribution >= 4 is 0 Å². The van der Waals surface area contributed by atoms with Crippen LogP contribution in [0.15, 0.2) is 58.8 Å². The van der Waals surface area contributed by atoms with Crippen LogP contribution in [0, 0.1) is 10.8 Å². The number of hydrogen-bond donors (Lipinski definition) is 31. The molecule has 33 atom stereocenters. The summed E-state index contributed by atoms with van der Waals surface area (Å²) in [5.41, 5.74) is -2.53. The number of aliphatic hydroxyl groups excluding tert-OH is 31. The summed E-state index contributed by atoms with van der Waals surface area (Å²) < 4.78 is 78.3. The molecule has 5 aliphatic rings. The maximum atomic E-state index is 12.2. The van der Waals surface area contributed by atoms with E-state index in [2.05, 4.69) is 13.8 Å². The van der Waals surface area contributed by atoms with E-state index < -0.39 is 335 Å². The summed E-state index contributed by atoms with van der Waals surface area (Å²) in [7, 11) is 0. The van der Waals surface area contributed by atoms with Gasteiger partial charge in [0.15, 0.2) is 66.0 Å². The van der Waals surface area contributed by atoms with Gasteiger partial charge in [-0.15, -0.1) is 0 Å². The first-order valence-electron chi connectivity index (χ1n) is 47.3. The molecule has 0 aromatic heterocycles. The average molecular weight is 1940 g/mol. The second-order valence-corrected chi connectivity index (χ2v) is 36.0. The van der Waals surface area contributed by atoms with E-state index in [-0.39, 0.29) is 32.1 Å². The van der Waals surface area contributed by atoms with Crippen molar-refractivity contribution in [3.05, 3.63) is 69.9 Å². The van der Waals surface area contributed by atoms with Gasteiger partial charge in [-0.1, -0.05) is 192 Å². The molecular weight excluding hydrogens is 1780 g/mol. The lowest BCUT2D eigenvalue weighted by Gasteiger charge is -2.47. The van der Waals surface area contributed by atoms with Gasteiger partial charge in [0.2, 0.25) is 18.9 Å². The molecule has 0 amide bonds. The Hall–Kier alpha value is -4.28. The number of aliphatic hydroxyl groups is 31. The van der Waals surface area contributed by atoms with Crippen molar-refractivity contribution in [3.8, 4) is 0 Å². The second-order valence-electron chi connectivity index (χ2n) is 36.0. The van der Waals surface area contributed by atoms with Crippen LogP contribution in [0.3, 0.4) is 0 Å². The molecule has 5 saturated heterocycles. The number of ether oxygens (including phenoxy) is 13. The van der Waals surface area contributed by atoms with Crippen LogP contribution in [0.2, 0.25) is 0 Å². The minimum Gasteiger partial charge on any atom is -0.506 e. The third kappa shape index (κ3) is 35.1. The normalized spacial score (nSPS) is 32.3. The molecule has 1 aromatic rings. The van der Waals surface area contributed by atoms with E-state index in [4.69, 9.17) is 61.6 Å². The van der Waals surface area contributed by atoms with Crippen LogP contribution in [-0.2, 0) is 74.4 Å². The molecule has 134 heavy (non-hydrogen) atoms. The molecule has 5 fully saturated rings. The Labute approximate surface area is 780 Å². The smallest absolute Gasteiger partial charge is 0.218 e. The molecule has 6 rings (SSSR count). The lowest BCUT2D eigenvalue weighted by molar-refractivity contribution is -0.365. The Morgan fingerprint density at radius 3 is 0.955 bits per heavy atom. The first kappa shape index (κ1) is 118. The molecule has 31 N–H and O–H groups in total. The molecule has 5 aliphatic heterocycles. The van der Waals surface area contributed by atoms with E-state index in [1.165, 1.54) is 0 Å². The fourth-order valence-corrected chi connectivity index (χ4v) is 17.2. The summed E-state index contributed by atoms with van der Waals surface area (Å²) in [4.78, 5) is 0. The zero-order valence-electron chi connectivity index (χ0n) is 76.8. The molecule has 0 saturated carbocycles. The average Bonchev–Trinajstić information content (AvgIpc) is 0.788. The van der Waals surface area contributed by atoms with Crippen molar-refractivity contribution in [1.82, 2.24) is 0 Å². The fourth-order valence-electron chi connectivity index (χ4n) is 17.2. The van der Waals surface area contributed by atoms with Crippen molar-refractivity contribution in [2.24, 2.45) is 10.8 Å². The molecular formula is C90H158O44. The largest absolute Gasteiger partial charge is 0.506 e. The standard InChI is InChI=1S/C90H158O44/c1-3-5-7-9-11-13-15-17-19-21-23-27-34-89(46-122-81(119)72(113)62(103)54(33-38-93)126-82(120)70(111)60(101)52(99)31-36-91,47-123-84-75(116)67(108)78(57(43-96)129-84)132-83(121)71(112)61(102)53(100)32-37-92)39-50-29-25-26-30-51(50)40-90(35-28-24-22-20-18-16-14-12-10-8-6-4-2,48-124-85-76(117)68(109)79(58(44-97)130-85)133-87-73(114)65(106)63(104)55(41-94)127-87)49-125-86-77(118)69(110)80(59(45-98)131-86)134-88-74(115)66(107)64(105)56(42-95)128-88/h25-26,29-30,52-59,63-69,73-88,91-121H,3-24,27-28,31-49H2,1-2H3/b70-60-,71-61-,72-62+/t52-,53-,54-,55?,56?,57?,58?,59?,63-,64-,65?,66?,67?,68?,69?,73?,74?,75?,76?,77?,78-,79-,80-,81+,82+,83+,84-,85-,86-,87-,88+,89?,90?/m1/s1. The lowest BCUT2D eigenvalue weighted by Crippen LogP contribution is -2.65. The van der Waals surface area contributed by atoms with Crippen molar-refractivity contribution in [2.75, 3.05) is 79.3 Å². The summed E-state index contributed by atoms with van der Waals surface area (Å²) in [5.74, 6) is -8.09. The lowest BCUT2D eigenvalue weighted by atomic mass is 9.73. The van der Waals surface area contributed by atoms with Crippen LogP contribution in [0.25, 0.3) is 0 Å². The molecule has 782 valence electrons. The van der Waals surface area contributed by atoms with Gasteiger partial charge in [-0.05, 0) is 36.8 Å². The van der Waals surface area contributed by atoms with E-state index in [1.807, 2.05) is 0 Å². The molecule has 1 aromatic carbocycles. The topological polar surface area (TPSA) is 747 Å². The van der Waals surface area contributed by atoms with Crippen LogP contribution in [0.5, 0.6) is 0 Å². The van der Waals surface area contributed by atoms with Crippen molar-refractivity contribution < 1.29 is 220 Å². The number of hydrogen-bond acceptors (Lipinski definition) is 44. The molecule has 0 radical (unpaired) electrons. The zero-order chi connectivity index (χ0) is 98.9. The second kappa shape index (κ2) is 61.5. The zero-order valence-corrected chi connectivity index (χ0v) is 76.8. The molecule has 44 heteroatoms. The Kier molecular flexibility index (Phi) is 54.4. The maximum Gasteiger partial charge on any atom is 0.218 e. The summed E-state index contributed by atoms with van der Waals surface area (Å²) in [6.45, 7) is -5.57. The van der Waals surface area contributed by atoms with Crippen LogP contribution in [0.4, 0.5) is 0 Å². The number of benzene rings is 1. The minimum atomic E-state index is -2.63. The first-order chi connectivity index (χ1) is 64.1. The quantitative estimate of drug-likeness (QED) is 0.0195. The molecule has 5 heterocycles. The van der Waals surface area contributed by atoms with Crippen LogP contribution in [0.1, 0.15) is 211 Å². The van der Waals surface area contributed by atoms with Gasteiger partial charge >= 0.3 is 0 Å². The Bertz CT molecular complexity index is 3340. The van der Waals surface area contributed by atoms with Crippen molar-refractivity contribution in [3.63, 3.8) is 0 Å². The highest BCUT2D eigenvalue weighted by atomic mass is 16.8. The number of rotatable bonds is 67. The predicted octanol–water partition coefficient (Wildman–Crippen LogP) is -1.74. The maximum absolute atomic E-state index is 12.2. The molecule has 44 nitrogen and oxygen atoms in total. The summed E-state index contributed by atoms with van der Waals surface area (Å²) in [6, 6.07) is 6.63. The highest BCUT2D eigenvalue weighted by molar-refractivity contribution is 5.30. The van der Waals surface area contributed by atoms with Gasteiger partial charge in [0.1, 0.15) is 140 Å². The van der Waals surface area contributed by atoms with Gasteiger partial charge in [0, 0.05) is 49.9 Å². The van der Waals surface area contributed by atoms with Gasteiger partial charge in [-0.3, -0.25) is 0 Å². The number of unbranched alkanes of at least 4 members (excludes halogenated alkanes) is 22. The first-order valence-corrected chi connectivity index (χ1v) is 47.3. The molecule has 17 unspecified atom stereocenters. The van der Waals surface area contributed by atoms with Crippen LogP contribution < -0.4 is 0 Å². The van der Waals surface area contributed by atoms with Gasteiger partial charge in [0.25, 0.3) is 0 Å². The Balaban J connectivity index is 1.54. The monoisotopic (exact) mass is 1940 g/mol. The third-order valence-electron chi connectivity index (χ3n) is 25.5. The van der Waals surface area contributed by atoms with E-state index >= 15 is 0 Å². The van der Waals surface area contributed by atoms with Crippen LogP contribution >= 0.6 is 0 Å². The van der Waals surface area contributed by atoms with Gasteiger partial charge in [-0.2, -0.15) is 0 Å². The van der Waals surface area contributed by atoms with Gasteiger partial charge in [0.05, 0.1) is 59.5 Å². The summed E-state index contributed by atoms with van der Waals surface area (Å²) in [5, 5.41) is 339.